The number of hydrogen-bond donors (Lipinski definition) is 0. The Morgan fingerprint density at radius 1 is 1.06 bits per heavy atom. The number of aryl methyl sites for hydroxylation is 2. The van der Waals surface area contributed by atoms with Gasteiger partial charge in [0, 0.05) is 24.0 Å². The molecule has 0 N–H and O–H groups in total. The first-order chi connectivity index (χ1) is 8.50. The topological polar surface area (TPSA) is 30.0 Å². The zero-order chi connectivity index (χ0) is 13.3. The van der Waals surface area contributed by atoms with Crippen LogP contribution >= 0.6 is 0 Å². The van der Waals surface area contributed by atoms with E-state index >= 15 is 0 Å². The summed E-state index contributed by atoms with van der Waals surface area (Å²) in [5.74, 6) is -2.00. The molecule has 0 fully saturated rings. The molecule has 2 aromatic rings. The largest absolute Gasteiger partial charge is 0.288 e. The Bertz CT molecular complexity index is 623. The average molecular weight is 247 g/mol. The van der Waals surface area contributed by atoms with Crippen molar-refractivity contribution in [3.8, 4) is 0 Å². The van der Waals surface area contributed by atoms with Crippen molar-refractivity contribution in [3.63, 3.8) is 0 Å². The van der Waals surface area contributed by atoms with Gasteiger partial charge in [-0.25, -0.2) is 8.78 Å². The van der Waals surface area contributed by atoms with E-state index < -0.39 is 17.4 Å². The van der Waals surface area contributed by atoms with E-state index in [9.17, 15) is 13.6 Å². The molecule has 18 heavy (non-hydrogen) atoms. The van der Waals surface area contributed by atoms with E-state index in [1.54, 1.807) is 19.2 Å². The predicted octanol–water partition coefficient (Wildman–Crippen LogP) is 3.21. The fraction of sp³-hybridized carbons (Fsp3) is 0.143. The number of halogens is 2. The Labute approximate surface area is 103 Å². The first kappa shape index (κ1) is 12.4. The van der Waals surface area contributed by atoms with E-state index in [4.69, 9.17) is 0 Å². The number of benzene rings is 1. The van der Waals surface area contributed by atoms with Gasteiger partial charge in [-0.15, -0.1) is 0 Å². The quantitative estimate of drug-likeness (QED) is 0.763. The third-order valence-corrected chi connectivity index (χ3v) is 2.78. The molecule has 0 aliphatic carbocycles. The van der Waals surface area contributed by atoms with Gasteiger partial charge in [-0.3, -0.25) is 9.78 Å². The number of pyridine rings is 1. The van der Waals surface area contributed by atoms with Crippen molar-refractivity contribution in [1.29, 1.82) is 0 Å². The van der Waals surface area contributed by atoms with Crippen LogP contribution in [0.1, 0.15) is 27.0 Å². The van der Waals surface area contributed by atoms with Crippen LogP contribution in [0.15, 0.2) is 30.6 Å². The number of nitrogens with zero attached hydrogens (tertiary/aromatic N) is 1. The summed E-state index contributed by atoms with van der Waals surface area (Å²) in [4.78, 5) is 16.0. The number of ketones is 1. The van der Waals surface area contributed by atoms with Crippen molar-refractivity contribution in [2.45, 2.75) is 13.8 Å². The number of hydrogen-bond acceptors (Lipinski definition) is 2. The molecule has 0 spiro atoms. The van der Waals surface area contributed by atoms with Crippen LogP contribution in [-0.2, 0) is 0 Å². The molecule has 1 aromatic carbocycles. The summed E-state index contributed by atoms with van der Waals surface area (Å²) in [5, 5.41) is 0. The highest BCUT2D eigenvalue weighted by molar-refractivity contribution is 6.09. The minimum Gasteiger partial charge on any atom is -0.288 e. The lowest BCUT2D eigenvalue weighted by Crippen LogP contribution is -2.08. The minimum absolute atomic E-state index is 0.134. The highest BCUT2D eigenvalue weighted by Gasteiger charge is 2.17. The van der Waals surface area contributed by atoms with E-state index in [2.05, 4.69) is 4.98 Å². The summed E-state index contributed by atoms with van der Waals surface area (Å²) in [6.07, 6.45) is 2.94. The van der Waals surface area contributed by atoms with Gasteiger partial charge in [-0.05, 0) is 37.1 Å². The van der Waals surface area contributed by atoms with Crippen LogP contribution in [0.4, 0.5) is 8.78 Å². The van der Waals surface area contributed by atoms with E-state index in [1.807, 2.05) is 0 Å². The molecule has 0 bridgehead atoms. The van der Waals surface area contributed by atoms with Crippen molar-refractivity contribution in [2.24, 2.45) is 0 Å². The van der Waals surface area contributed by atoms with Crippen LogP contribution in [0.2, 0.25) is 0 Å². The lowest BCUT2D eigenvalue weighted by molar-refractivity contribution is 0.103. The van der Waals surface area contributed by atoms with E-state index in [0.717, 1.165) is 6.07 Å². The zero-order valence-corrected chi connectivity index (χ0v) is 10.00. The number of carbonyl (C=O) groups is 1. The Hall–Kier alpha value is -2.10. The lowest BCUT2D eigenvalue weighted by atomic mass is 9.99. The van der Waals surface area contributed by atoms with E-state index in [1.165, 1.54) is 19.2 Å². The summed E-state index contributed by atoms with van der Waals surface area (Å²) < 4.78 is 26.8. The molecular formula is C14H11F2NO. The van der Waals surface area contributed by atoms with Crippen LogP contribution in [0.25, 0.3) is 0 Å². The smallest absolute Gasteiger partial charge is 0.197 e. The Kier molecular flexibility index (Phi) is 3.19. The monoisotopic (exact) mass is 247 g/mol. The molecule has 0 saturated heterocycles. The van der Waals surface area contributed by atoms with Gasteiger partial charge in [-0.2, -0.15) is 0 Å². The maximum atomic E-state index is 13.6. The van der Waals surface area contributed by atoms with Gasteiger partial charge >= 0.3 is 0 Å². The molecule has 0 aliphatic heterocycles. The summed E-state index contributed by atoms with van der Waals surface area (Å²) in [7, 11) is 0. The summed E-state index contributed by atoms with van der Waals surface area (Å²) in [5.41, 5.74) is 1.13. The highest BCUT2D eigenvalue weighted by Crippen LogP contribution is 2.19. The van der Waals surface area contributed by atoms with Crippen LogP contribution in [0.5, 0.6) is 0 Å². The molecule has 1 aromatic heterocycles. The summed E-state index contributed by atoms with van der Waals surface area (Å²) in [6.45, 7) is 3.23. The second-order valence-electron chi connectivity index (χ2n) is 4.10. The molecule has 0 atom stereocenters. The van der Waals surface area contributed by atoms with Crippen molar-refractivity contribution in [1.82, 2.24) is 4.98 Å². The molecule has 0 saturated carbocycles. The molecule has 0 aliphatic rings. The number of carbonyl (C=O) groups excluding carboxylic acids is 1. The molecule has 0 unspecified atom stereocenters. The standard InChI is InChI=1S/C14H11F2NO/c1-8-3-4-17-7-11(8)14(18)10-5-9(2)12(15)6-13(10)16/h3-7H,1-2H3. The van der Waals surface area contributed by atoms with Crippen molar-refractivity contribution in [3.05, 3.63) is 64.5 Å². The molecule has 2 rings (SSSR count). The molecule has 4 heteroatoms. The maximum Gasteiger partial charge on any atom is 0.197 e. The van der Waals surface area contributed by atoms with Gasteiger partial charge in [-0.1, -0.05) is 0 Å². The minimum atomic E-state index is -0.855. The predicted molar refractivity (Wildman–Crippen MR) is 63.5 cm³/mol. The molecular weight excluding hydrogens is 236 g/mol. The summed E-state index contributed by atoms with van der Waals surface area (Å²) in [6, 6.07) is 3.62. The fourth-order valence-electron chi connectivity index (χ4n) is 1.68. The Morgan fingerprint density at radius 2 is 1.78 bits per heavy atom. The van der Waals surface area contributed by atoms with Gasteiger partial charge in [0.15, 0.2) is 5.78 Å². The first-order valence-corrected chi connectivity index (χ1v) is 5.41. The fourth-order valence-corrected chi connectivity index (χ4v) is 1.68. The van der Waals surface area contributed by atoms with Crippen LogP contribution in [0.3, 0.4) is 0 Å². The van der Waals surface area contributed by atoms with Crippen LogP contribution in [-0.4, -0.2) is 10.8 Å². The first-order valence-electron chi connectivity index (χ1n) is 5.41. The normalized spacial score (nSPS) is 10.4. The second kappa shape index (κ2) is 4.64. The SMILES string of the molecule is Cc1cc(C(=O)c2cnccc2C)c(F)cc1F. The zero-order valence-electron chi connectivity index (χ0n) is 10.00. The van der Waals surface area contributed by atoms with Crippen molar-refractivity contribution >= 4 is 5.78 Å². The average Bonchev–Trinajstić information content (AvgIpc) is 2.33. The third-order valence-electron chi connectivity index (χ3n) is 2.78. The summed E-state index contributed by atoms with van der Waals surface area (Å²) >= 11 is 0. The molecule has 0 radical (unpaired) electrons. The highest BCUT2D eigenvalue weighted by atomic mass is 19.1. The van der Waals surface area contributed by atoms with Crippen molar-refractivity contribution < 1.29 is 13.6 Å². The molecule has 92 valence electrons. The second-order valence-corrected chi connectivity index (χ2v) is 4.10. The molecule has 0 amide bonds. The van der Waals surface area contributed by atoms with Gasteiger partial charge in [0.25, 0.3) is 0 Å². The Balaban J connectivity index is 2.53. The number of aromatic nitrogens is 1. The number of rotatable bonds is 2. The van der Waals surface area contributed by atoms with Gasteiger partial charge in [0.05, 0.1) is 5.56 Å². The van der Waals surface area contributed by atoms with Gasteiger partial charge in [0.2, 0.25) is 0 Å². The van der Waals surface area contributed by atoms with Gasteiger partial charge in [0.1, 0.15) is 11.6 Å². The molecule has 1 heterocycles. The van der Waals surface area contributed by atoms with Gasteiger partial charge < -0.3 is 0 Å². The lowest BCUT2D eigenvalue weighted by Gasteiger charge is -2.07. The van der Waals surface area contributed by atoms with E-state index in [0.29, 0.717) is 11.1 Å². The third kappa shape index (κ3) is 2.14. The van der Waals surface area contributed by atoms with E-state index in [-0.39, 0.29) is 11.1 Å². The van der Waals surface area contributed by atoms with Crippen LogP contribution in [0, 0.1) is 25.5 Å². The van der Waals surface area contributed by atoms with Crippen molar-refractivity contribution in [2.75, 3.05) is 0 Å². The van der Waals surface area contributed by atoms with Crippen LogP contribution < -0.4 is 0 Å². The maximum absolute atomic E-state index is 13.6. The molecule has 2 nitrogen and oxygen atoms in total. The Morgan fingerprint density at radius 3 is 2.44 bits per heavy atom.